The summed E-state index contributed by atoms with van der Waals surface area (Å²) in [6.07, 6.45) is 2.06. The van der Waals surface area contributed by atoms with Crippen molar-refractivity contribution < 1.29 is 0 Å². The Morgan fingerprint density at radius 2 is 2.05 bits per heavy atom. The van der Waals surface area contributed by atoms with Crippen molar-refractivity contribution in [2.45, 2.75) is 26.9 Å². The molecule has 1 heterocycles. The molecule has 1 N–H and O–H groups in total. The molecular formula is C14H17Cl2N3. The average molecular weight is 298 g/mol. The van der Waals surface area contributed by atoms with Gasteiger partial charge in [-0.25, -0.2) is 0 Å². The first-order valence-electron chi connectivity index (χ1n) is 6.27. The maximum atomic E-state index is 6.17. The normalized spacial score (nSPS) is 10.9. The fraction of sp³-hybridized carbons (Fsp3) is 0.357. The van der Waals surface area contributed by atoms with E-state index in [1.54, 1.807) is 6.07 Å². The predicted octanol–water partition coefficient (Wildman–Crippen LogP) is 3.66. The molecule has 0 spiro atoms. The van der Waals surface area contributed by atoms with Crippen LogP contribution >= 0.6 is 23.2 Å². The molecule has 19 heavy (non-hydrogen) atoms. The molecule has 0 atom stereocenters. The smallest absolute Gasteiger partial charge is 0.0674 e. The number of hydrogen-bond acceptors (Lipinski definition) is 2. The summed E-state index contributed by atoms with van der Waals surface area (Å²) >= 11 is 12.1. The predicted molar refractivity (Wildman–Crippen MR) is 79.9 cm³/mol. The highest BCUT2D eigenvalue weighted by Gasteiger charge is 2.07. The van der Waals surface area contributed by atoms with Gasteiger partial charge in [-0.3, -0.25) is 4.68 Å². The van der Waals surface area contributed by atoms with E-state index in [1.807, 2.05) is 23.7 Å². The second kappa shape index (κ2) is 6.42. The second-order valence-corrected chi connectivity index (χ2v) is 5.30. The van der Waals surface area contributed by atoms with Crippen molar-refractivity contribution in [3.63, 3.8) is 0 Å². The van der Waals surface area contributed by atoms with Gasteiger partial charge in [0.1, 0.15) is 0 Å². The molecule has 2 aromatic rings. The van der Waals surface area contributed by atoms with Gasteiger partial charge in [0.05, 0.1) is 12.2 Å². The summed E-state index contributed by atoms with van der Waals surface area (Å²) in [7, 11) is 0. The van der Waals surface area contributed by atoms with E-state index in [0.29, 0.717) is 16.6 Å². The van der Waals surface area contributed by atoms with Crippen LogP contribution in [0.2, 0.25) is 10.0 Å². The molecular weight excluding hydrogens is 281 g/mol. The molecule has 1 aromatic carbocycles. The number of aromatic nitrogens is 2. The number of benzene rings is 1. The zero-order chi connectivity index (χ0) is 13.8. The first kappa shape index (κ1) is 14.4. The topological polar surface area (TPSA) is 29.9 Å². The van der Waals surface area contributed by atoms with Crippen LogP contribution in [-0.2, 0) is 13.1 Å². The molecule has 3 nitrogen and oxygen atoms in total. The van der Waals surface area contributed by atoms with Gasteiger partial charge >= 0.3 is 0 Å². The Bertz CT molecular complexity index is 564. The molecule has 0 aliphatic heterocycles. The standard InChI is InChI=1S/C14H17Cl2N3/c1-3-17-7-12-9-19(18-10(12)2)8-11-4-5-13(15)6-14(11)16/h4-6,9,17H,3,7-8H2,1-2H3. The van der Waals surface area contributed by atoms with Crippen LogP contribution in [0.3, 0.4) is 0 Å². The molecule has 0 bridgehead atoms. The lowest BCUT2D eigenvalue weighted by Crippen LogP contribution is -2.11. The Kier molecular flexibility index (Phi) is 4.86. The first-order chi connectivity index (χ1) is 9.10. The lowest BCUT2D eigenvalue weighted by molar-refractivity contribution is 0.678. The fourth-order valence-corrected chi connectivity index (χ4v) is 2.37. The van der Waals surface area contributed by atoms with E-state index in [0.717, 1.165) is 24.3 Å². The fourth-order valence-electron chi connectivity index (χ4n) is 1.90. The molecule has 0 amide bonds. The molecule has 0 saturated carbocycles. The highest BCUT2D eigenvalue weighted by molar-refractivity contribution is 6.35. The van der Waals surface area contributed by atoms with Crippen molar-refractivity contribution in [1.82, 2.24) is 15.1 Å². The van der Waals surface area contributed by atoms with Crippen molar-refractivity contribution >= 4 is 23.2 Å². The van der Waals surface area contributed by atoms with Crippen LogP contribution in [0.15, 0.2) is 24.4 Å². The minimum absolute atomic E-state index is 0.651. The molecule has 2 rings (SSSR count). The molecule has 0 aliphatic rings. The number of rotatable bonds is 5. The van der Waals surface area contributed by atoms with Gasteiger partial charge in [0.25, 0.3) is 0 Å². The molecule has 0 fully saturated rings. The minimum atomic E-state index is 0.651. The first-order valence-corrected chi connectivity index (χ1v) is 7.03. The molecule has 0 radical (unpaired) electrons. The third-order valence-corrected chi connectivity index (χ3v) is 3.55. The average Bonchev–Trinajstić information content (AvgIpc) is 2.71. The molecule has 1 aromatic heterocycles. The van der Waals surface area contributed by atoms with Crippen LogP contribution in [0.1, 0.15) is 23.7 Å². The highest BCUT2D eigenvalue weighted by atomic mass is 35.5. The molecule has 0 aliphatic carbocycles. The third-order valence-electron chi connectivity index (χ3n) is 2.96. The summed E-state index contributed by atoms with van der Waals surface area (Å²) in [6.45, 7) is 6.56. The van der Waals surface area contributed by atoms with E-state index >= 15 is 0 Å². The van der Waals surface area contributed by atoms with Crippen LogP contribution in [0.5, 0.6) is 0 Å². The van der Waals surface area contributed by atoms with Gasteiger partial charge in [0.15, 0.2) is 0 Å². The van der Waals surface area contributed by atoms with Crippen LogP contribution in [-0.4, -0.2) is 16.3 Å². The van der Waals surface area contributed by atoms with Crippen LogP contribution in [0, 0.1) is 6.92 Å². The number of halogens is 2. The van der Waals surface area contributed by atoms with Gasteiger partial charge < -0.3 is 5.32 Å². The third kappa shape index (κ3) is 3.72. The lowest BCUT2D eigenvalue weighted by atomic mass is 10.2. The SMILES string of the molecule is CCNCc1cn(Cc2ccc(Cl)cc2Cl)nc1C. The van der Waals surface area contributed by atoms with E-state index in [1.165, 1.54) is 5.56 Å². The summed E-state index contributed by atoms with van der Waals surface area (Å²) in [5.41, 5.74) is 3.28. The Hall–Kier alpha value is -1.03. The van der Waals surface area contributed by atoms with Gasteiger partial charge in [0.2, 0.25) is 0 Å². The van der Waals surface area contributed by atoms with Crippen LogP contribution < -0.4 is 5.32 Å². The van der Waals surface area contributed by atoms with Crippen molar-refractivity contribution in [2.24, 2.45) is 0 Å². The second-order valence-electron chi connectivity index (χ2n) is 4.45. The van der Waals surface area contributed by atoms with Gasteiger partial charge in [0, 0.05) is 28.4 Å². The van der Waals surface area contributed by atoms with Crippen molar-refractivity contribution in [3.8, 4) is 0 Å². The number of aryl methyl sites for hydroxylation is 1. The van der Waals surface area contributed by atoms with E-state index in [4.69, 9.17) is 23.2 Å². The van der Waals surface area contributed by atoms with Gasteiger partial charge in [-0.15, -0.1) is 0 Å². The highest BCUT2D eigenvalue weighted by Crippen LogP contribution is 2.22. The molecule has 102 valence electrons. The van der Waals surface area contributed by atoms with Crippen LogP contribution in [0.4, 0.5) is 0 Å². The molecule has 0 unspecified atom stereocenters. The molecule has 0 saturated heterocycles. The van der Waals surface area contributed by atoms with Crippen LogP contribution in [0.25, 0.3) is 0 Å². The van der Waals surface area contributed by atoms with Crippen molar-refractivity contribution in [3.05, 3.63) is 51.3 Å². The van der Waals surface area contributed by atoms with Gasteiger partial charge in [-0.1, -0.05) is 36.2 Å². The quantitative estimate of drug-likeness (QED) is 0.913. The minimum Gasteiger partial charge on any atom is -0.313 e. The summed E-state index contributed by atoms with van der Waals surface area (Å²) in [4.78, 5) is 0. The van der Waals surface area contributed by atoms with E-state index in [-0.39, 0.29) is 0 Å². The zero-order valence-electron chi connectivity index (χ0n) is 11.1. The lowest BCUT2D eigenvalue weighted by Gasteiger charge is -2.05. The Morgan fingerprint density at radius 1 is 1.26 bits per heavy atom. The number of nitrogens with one attached hydrogen (secondary N) is 1. The van der Waals surface area contributed by atoms with Gasteiger partial charge in [-0.05, 0) is 31.2 Å². The molecule has 5 heteroatoms. The maximum absolute atomic E-state index is 6.17. The Morgan fingerprint density at radius 3 is 2.74 bits per heavy atom. The maximum Gasteiger partial charge on any atom is 0.0674 e. The summed E-state index contributed by atoms with van der Waals surface area (Å²) in [5, 5.41) is 9.14. The van der Waals surface area contributed by atoms with Crippen molar-refractivity contribution in [2.75, 3.05) is 6.54 Å². The largest absolute Gasteiger partial charge is 0.313 e. The summed E-state index contributed by atoms with van der Waals surface area (Å²) in [5.74, 6) is 0. The Balaban J connectivity index is 2.14. The monoisotopic (exact) mass is 297 g/mol. The zero-order valence-corrected chi connectivity index (χ0v) is 12.6. The van der Waals surface area contributed by atoms with E-state index in [9.17, 15) is 0 Å². The van der Waals surface area contributed by atoms with E-state index in [2.05, 4.69) is 23.5 Å². The van der Waals surface area contributed by atoms with Gasteiger partial charge in [-0.2, -0.15) is 5.10 Å². The number of nitrogens with zero attached hydrogens (tertiary/aromatic N) is 2. The van der Waals surface area contributed by atoms with E-state index < -0.39 is 0 Å². The number of hydrogen-bond donors (Lipinski definition) is 1. The summed E-state index contributed by atoms with van der Waals surface area (Å²) < 4.78 is 1.91. The Labute approximate surface area is 123 Å². The van der Waals surface area contributed by atoms with Crippen molar-refractivity contribution in [1.29, 1.82) is 0 Å². The summed E-state index contributed by atoms with van der Waals surface area (Å²) in [6, 6.07) is 5.54.